The van der Waals surface area contributed by atoms with Gasteiger partial charge >= 0.3 is 0 Å². The van der Waals surface area contributed by atoms with Gasteiger partial charge in [0.05, 0.1) is 0 Å². The van der Waals surface area contributed by atoms with Crippen molar-refractivity contribution in [3.63, 3.8) is 0 Å². The number of rotatable bonds is 7. The second-order valence-corrected chi connectivity index (χ2v) is 4.64. The van der Waals surface area contributed by atoms with Crippen molar-refractivity contribution in [2.45, 2.75) is 52.4 Å². The fraction of sp³-hybridized carbons (Fsp3) is 0.600. The molecule has 0 aliphatic heterocycles. The third kappa shape index (κ3) is 4.69. The van der Waals surface area contributed by atoms with Crippen LogP contribution >= 0.6 is 0 Å². The summed E-state index contributed by atoms with van der Waals surface area (Å²) in [6.07, 6.45) is 7.76. The number of hydrogen-bond donors (Lipinski definition) is 1. The smallest absolute Gasteiger partial charge is 0.115 e. The number of unbranched alkanes of at least 4 members (excludes halogenated alkanes) is 2. The molecule has 1 atom stereocenters. The molecule has 1 N–H and O–H groups in total. The average Bonchev–Trinajstić information content (AvgIpc) is 2.31. The van der Waals surface area contributed by atoms with Gasteiger partial charge in [0, 0.05) is 0 Å². The molecule has 1 heteroatoms. The lowest BCUT2D eigenvalue weighted by atomic mass is 9.92. The van der Waals surface area contributed by atoms with E-state index in [2.05, 4.69) is 13.8 Å². The minimum Gasteiger partial charge on any atom is -0.508 e. The van der Waals surface area contributed by atoms with E-state index in [1.54, 1.807) is 12.1 Å². The van der Waals surface area contributed by atoms with E-state index >= 15 is 0 Å². The maximum absolute atomic E-state index is 9.22. The lowest BCUT2D eigenvalue weighted by molar-refractivity contribution is 0.441. The van der Waals surface area contributed by atoms with Gasteiger partial charge in [-0.1, -0.05) is 58.1 Å². The van der Waals surface area contributed by atoms with Crippen molar-refractivity contribution in [3.05, 3.63) is 29.8 Å². The molecule has 0 aromatic heterocycles. The van der Waals surface area contributed by atoms with Crippen molar-refractivity contribution in [2.75, 3.05) is 0 Å². The molecule has 0 bridgehead atoms. The molecular weight excluding hydrogens is 196 g/mol. The quantitative estimate of drug-likeness (QED) is 0.669. The minimum absolute atomic E-state index is 0.364. The monoisotopic (exact) mass is 220 g/mol. The zero-order valence-electron chi connectivity index (χ0n) is 10.6. The summed E-state index contributed by atoms with van der Waals surface area (Å²) >= 11 is 0. The zero-order chi connectivity index (χ0) is 11.8. The van der Waals surface area contributed by atoms with Crippen molar-refractivity contribution in [1.82, 2.24) is 0 Å². The van der Waals surface area contributed by atoms with Crippen LogP contribution in [0.2, 0.25) is 0 Å². The molecule has 90 valence electrons. The van der Waals surface area contributed by atoms with E-state index in [4.69, 9.17) is 0 Å². The summed E-state index contributed by atoms with van der Waals surface area (Å²) in [6, 6.07) is 7.65. The summed E-state index contributed by atoms with van der Waals surface area (Å²) in [6.45, 7) is 4.53. The molecule has 0 aliphatic rings. The first-order valence-corrected chi connectivity index (χ1v) is 6.54. The van der Waals surface area contributed by atoms with E-state index in [0.717, 1.165) is 12.3 Å². The van der Waals surface area contributed by atoms with E-state index in [9.17, 15) is 5.11 Å². The standard InChI is InChI=1S/C15H24O/c1-3-5-6-7-13(4-2)12-14-8-10-15(16)11-9-14/h8-11,13,16H,3-7,12H2,1-2H3. The highest BCUT2D eigenvalue weighted by Gasteiger charge is 2.07. The van der Waals surface area contributed by atoms with Crippen LogP contribution < -0.4 is 0 Å². The van der Waals surface area contributed by atoms with Crippen LogP contribution in [0.5, 0.6) is 5.75 Å². The Morgan fingerprint density at radius 1 is 1.06 bits per heavy atom. The van der Waals surface area contributed by atoms with Crippen LogP contribution in [0.1, 0.15) is 51.5 Å². The third-order valence-electron chi connectivity index (χ3n) is 3.25. The summed E-state index contributed by atoms with van der Waals surface area (Å²) in [7, 11) is 0. The first-order valence-electron chi connectivity index (χ1n) is 6.54. The lowest BCUT2D eigenvalue weighted by Crippen LogP contribution is -2.03. The molecule has 0 radical (unpaired) electrons. The molecule has 0 spiro atoms. The highest BCUT2D eigenvalue weighted by atomic mass is 16.3. The Labute approximate surface area is 99.5 Å². The Morgan fingerprint density at radius 2 is 1.75 bits per heavy atom. The molecule has 1 unspecified atom stereocenters. The Balaban J connectivity index is 2.40. The number of hydrogen-bond acceptors (Lipinski definition) is 1. The van der Waals surface area contributed by atoms with Gasteiger partial charge in [-0.25, -0.2) is 0 Å². The van der Waals surface area contributed by atoms with Gasteiger partial charge in [-0.3, -0.25) is 0 Å². The van der Waals surface area contributed by atoms with Gasteiger partial charge in [0.15, 0.2) is 0 Å². The summed E-state index contributed by atoms with van der Waals surface area (Å²) in [5.41, 5.74) is 1.35. The van der Waals surface area contributed by atoms with Crippen LogP contribution in [0, 0.1) is 5.92 Å². The van der Waals surface area contributed by atoms with Crippen LogP contribution in [0.3, 0.4) is 0 Å². The van der Waals surface area contributed by atoms with Crippen molar-refractivity contribution in [2.24, 2.45) is 5.92 Å². The Kier molecular flexibility index (Phi) is 5.99. The summed E-state index contributed by atoms with van der Waals surface area (Å²) < 4.78 is 0. The second kappa shape index (κ2) is 7.32. The molecule has 16 heavy (non-hydrogen) atoms. The van der Waals surface area contributed by atoms with Crippen LogP contribution in [0.25, 0.3) is 0 Å². The Morgan fingerprint density at radius 3 is 2.31 bits per heavy atom. The Hall–Kier alpha value is -0.980. The molecule has 0 saturated carbocycles. The topological polar surface area (TPSA) is 20.2 Å². The zero-order valence-corrected chi connectivity index (χ0v) is 10.6. The van der Waals surface area contributed by atoms with E-state index < -0.39 is 0 Å². The number of phenolic OH excluding ortho intramolecular Hbond substituents is 1. The fourth-order valence-corrected chi connectivity index (χ4v) is 2.10. The van der Waals surface area contributed by atoms with Crippen LogP contribution in [-0.4, -0.2) is 5.11 Å². The molecule has 1 nitrogen and oxygen atoms in total. The molecule has 1 aromatic rings. The summed E-state index contributed by atoms with van der Waals surface area (Å²) in [5.74, 6) is 1.17. The Bertz CT molecular complexity index is 276. The number of aromatic hydroxyl groups is 1. The van der Waals surface area contributed by atoms with Crippen LogP contribution in [0.15, 0.2) is 24.3 Å². The molecule has 0 amide bonds. The molecule has 0 aliphatic carbocycles. The molecule has 1 rings (SSSR count). The van der Waals surface area contributed by atoms with Gasteiger partial charge in [0.2, 0.25) is 0 Å². The van der Waals surface area contributed by atoms with E-state index in [1.807, 2.05) is 12.1 Å². The van der Waals surface area contributed by atoms with Gasteiger partial charge < -0.3 is 5.11 Å². The van der Waals surface area contributed by atoms with E-state index in [1.165, 1.54) is 37.7 Å². The van der Waals surface area contributed by atoms with Gasteiger partial charge in [-0.15, -0.1) is 0 Å². The molecule has 1 aromatic carbocycles. The van der Waals surface area contributed by atoms with E-state index in [0.29, 0.717) is 5.75 Å². The average molecular weight is 220 g/mol. The predicted octanol–water partition coefficient (Wildman–Crippen LogP) is 4.54. The fourth-order valence-electron chi connectivity index (χ4n) is 2.10. The summed E-state index contributed by atoms with van der Waals surface area (Å²) in [4.78, 5) is 0. The third-order valence-corrected chi connectivity index (χ3v) is 3.25. The maximum Gasteiger partial charge on any atom is 0.115 e. The van der Waals surface area contributed by atoms with Crippen molar-refractivity contribution in [3.8, 4) is 5.75 Å². The van der Waals surface area contributed by atoms with Crippen LogP contribution in [-0.2, 0) is 6.42 Å². The van der Waals surface area contributed by atoms with Gasteiger partial charge in [-0.05, 0) is 30.0 Å². The normalized spacial score (nSPS) is 12.6. The van der Waals surface area contributed by atoms with Crippen molar-refractivity contribution >= 4 is 0 Å². The molecular formula is C15H24O. The second-order valence-electron chi connectivity index (χ2n) is 4.64. The summed E-state index contributed by atoms with van der Waals surface area (Å²) in [5, 5.41) is 9.22. The predicted molar refractivity (Wildman–Crippen MR) is 69.7 cm³/mol. The van der Waals surface area contributed by atoms with Crippen molar-refractivity contribution in [1.29, 1.82) is 0 Å². The van der Waals surface area contributed by atoms with Crippen molar-refractivity contribution < 1.29 is 5.11 Å². The van der Waals surface area contributed by atoms with Gasteiger partial charge in [0.1, 0.15) is 5.75 Å². The number of benzene rings is 1. The SMILES string of the molecule is CCCCCC(CC)Cc1ccc(O)cc1. The molecule has 0 heterocycles. The van der Waals surface area contributed by atoms with Gasteiger partial charge in [0.25, 0.3) is 0 Å². The lowest BCUT2D eigenvalue weighted by Gasteiger charge is -2.14. The van der Waals surface area contributed by atoms with Crippen LogP contribution in [0.4, 0.5) is 0 Å². The highest BCUT2D eigenvalue weighted by Crippen LogP contribution is 2.20. The minimum atomic E-state index is 0.364. The maximum atomic E-state index is 9.22. The molecule has 0 saturated heterocycles. The largest absolute Gasteiger partial charge is 0.508 e. The van der Waals surface area contributed by atoms with Gasteiger partial charge in [-0.2, -0.15) is 0 Å². The first kappa shape index (κ1) is 13.1. The first-order chi connectivity index (χ1) is 7.76. The molecule has 0 fully saturated rings. The number of phenols is 1. The van der Waals surface area contributed by atoms with E-state index in [-0.39, 0.29) is 0 Å². The highest BCUT2D eigenvalue weighted by molar-refractivity contribution is 5.26.